The van der Waals surface area contributed by atoms with Gasteiger partial charge in [-0.05, 0) is 67.3 Å². The molecule has 0 spiro atoms. The van der Waals surface area contributed by atoms with Crippen molar-refractivity contribution in [3.05, 3.63) is 45.8 Å². The van der Waals surface area contributed by atoms with Crippen molar-refractivity contribution in [1.82, 2.24) is 4.90 Å². The lowest BCUT2D eigenvalue weighted by Crippen LogP contribution is -2.45. The fourth-order valence-corrected chi connectivity index (χ4v) is 4.69. The molecule has 0 bridgehead atoms. The minimum absolute atomic E-state index is 0.0601. The van der Waals surface area contributed by atoms with Crippen LogP contribution in [0, 0.1) is 0 Å². The largest absolute Gasteiger partial charge is 0.369 e. The summed E-state index contributed by atoms with van der Waals surface area (Å²) in [6.07, 6.45) is 4.31. The number of nitrogens with zero attached hydrogens (tertiary/aromatic N) is 2. The Morgan fingerprint density at radius 2 is 2.08 bits per heavy atom. The molecule has 0 aliphatic carbocycles. The molecule has 1 fully saturated rings. The van der Waals surface area contributed by atoms with Crippen molar-refractivity contribution in [2.24, 2.45) is 0 Å². The lowest BCUT2D eigenvalue weighted by atomic mass is 9.80. The Bertz CT molecular complexity index is 831. The van der Waals surface area contributed by atoms with Gasteiger partial charge >= 0.3 is 0 Å². The SMILES string of the molecule is C=CCN1C(=O)S/C(=C\c2cc3c(cc2Cl)N(C)C(C)(C)CC3C)C1=O. The topological polar surface area (TPSA) is 40.6 Å². The van der Waals surface area contributed by atoms with E-state index >= 15 is 0 Å². The van der Waals surface area contributed by atoms with E-state index < -0.39 is 0 Å². The van der Waals surface area contributed by atoms with Gasteiger partial charge in [0.15, 0.2) is 0 Å². The van der Waals surface area contributed by atoms with Crippen LogP contribution in [0.15, 0.2) is 29.7 Å². The molecule has 26 heavy (non-hydrogen) atoms. The molecule has 4 nitrogen and oxygen atoms in total. The second-order valence-electron chi connectivity index (χ2n) is 7.49. The summed E-state index contributed by atoms with van der Waals surface area (Å²) in [4.78, 5) is 28.3. The highest BCUT2D eigenvalue weighted by atomic mass is 35.5. The number of imide groups is 1. The third-order valence-corrected chi connectivity index (χ3v) is 6.46. The normalized spacial score (nSPS) is 23.6. The number of thioether (sulfide) groups is 1. The van der Waals surface area contributed by atoms with Crippen molar-refractivity contribution in [2.45, 2.75) is 38.6 Å². The maximum Gasteiger partial charge on any atom is 0.293 e. The number of fused-ring (bicyclic) bond motifs is 1. The summed E-state index contributed by atoms with van der Waals surface area (Å²) in [5.74, 6) is 0.0939. The van der Waals surface area contributed by atoms with Crippen LogP contribution in [-0.2, 0) is 4.79 Å². The molecule has 1 unspecified atom stereocenters. The number of carbonyl (C=O) groups excluding carboxylic acids is 2. The second kappa shape index (κ2) is 6.78. The Morgan fingerprint density at radius 1 is 1.38 bits per heavy atom. The van der Waals surface area contributed by atoms with E-state index in [1.54, 1.807) is 12.2 Å². The molecule has 1 saturated heterocycles. The fourth-order valence-electron chi connectivity index (χ4n) is 3.64. The molecule has 0 aromatic heterocycles. The Hall–Kier alpha value is -1.72. The van der Waals surface area contributed by atoms with Crippen LogP contribution in [0.25, 0.3) is 6.08 Å². The lowest BCUT2D eigenvalue weighted by Gasteiger charge is -2.45. The van der Waals surface area contributed by atoms with E-state index in [0.717, 1.165) is 29.4 Å². The summed E-state index contributed by atoms with van der Waals surface area (Å²) in [6.45, 7) is 10.5. The average molecular weight is 391 g/mol. The van der Waals surface area contributed by atoms with Gasteiger partial charge in [0.1, 0.15) is 0 Å². The molecule has 2 aliphatic rings. The predicted molar refractivity (Wildman–Crippen MR) is 110 cm³/mol. The first-order valence-corrected chi connectivity index (χ1v) is 9.78. The molecular formula is C20H23ClN2O2S. The van der Waals surface area contributed by atoms with E-state index in [-0.39, 0.29) is 23.2 Å². The Kier molecular flexibility index (Phi) is 4.97. The van der Waals surface area contributed by atoms with Gasteiger partial charge in [0.25, 0.3) is 11.1 Å². The van der Waals surface area contributed by atoms with Crippen LogP contribution in [-0.4, -0.2) is 35.2 Å². The van der Waals surface area contributed by atoms with E-state index in [0.29, 0.717) is 15.8 Å². The number of amides is 2. The monoisotopic (exact) mass is 390 g/mol. The van der Waals surface area contributed by atoms with Crippen molar-refractivity contribution < 1.29 is 9.59 Å². The molecule has 1 aromatic carbocycles. The summed E-state index contributed by atoms with van der Waals surface area (Å²) in [5, 5.41) is 0.307. The number of hydrogen-bond donors (Lipinski definition) is 0. The molecule has 138 valence electrons. The third-order valence-electron chi connectivity index (χ3n) is 5.22. The quantitative estimate of drug-likeness (QED) is 0.519. The van der Waals surface area contributed by atoms with Gasteiger partial charge in [-0.3, -0.25) is 14.5 Å². The molecule has 2 aliphatic heterocycles. The highest BCUT2D eigenvalue weighted by molar-refractivity contribution is 8.18. The van der Waals surface area contributed by atoms with Gasteiger partial charge in [0.2, 0.25) is 0 Å². The van der Waals surface area contributed by atoms with E-state index in [4.69, 9.17) is 11.6 Å². The van der Waals surface area contributed by atoms with Crippen molar-refractivity contribution in [2.75, 3.05) is 18.5 Å². The van der Waals surface area contributed by atoms with Crippen LogP contribution in [0.3, 0.4) is 0 Å². The van der Waals surface area contributed by atoms with Gasteiger partial charge in [-0.15, -0.1) is 6.58 Å². The molecule has 3 rings (SSSR count). The molecule has 1 atom stereocenters. The van der Waals surface area contributed by atoms with Crippen LogP contribution in [0.5, 0.6) is 0 Å². The molecule has 0 saturated carbocycles. The van der Waals surface area contributed by atoms with E-state index in [1.807, 2.05) is 6.07 Å². The van der Waals surface area contributed by atoms with Gasteiger partial charge in [-0.25, -0.2) is 0 Å². The summed E-state index contributed by atoms with van der Waals surface area (Å²) < 4.78 is 0. The van der Waals surface area contributed by atoms with Crippen LogP contribution >= 0.6 is 23.4 Å². The average Bonchev–Trinajstić information content (AvgIpc) is 2.82. The van der Waals surface area contributed by atoms with E-state index in [9.17, 15) is 9.59 Å². The van der Waals surface area contributed by atoms with Gasteiger partial charge in [-0.1, -0.05) is 24.6 Å². The number of carbonyl (C=O) groups is 2. The lowest BCUT2D eigenvalue weighted by molar-refractivity contribution is -0.122. The number of benzene rings is 1. The Labute approximate surface area is 163 Å². The first-order valence-electron chi connectivity index (χ1n) is 8.59. The zero-order chi connectivity index (χ0) is 19.2. The van der Waals surface area contributed by atoms with Gasteiger partial charge in [0, 0.05) is 29.8 Å². The highest BCUT2D eigenvalue weighted by Crippen LogP contribution is 2.45. The van der Waals surface area contributed by atoms with Crippen molar-refractivity contribution >= 4 is 46.3 Å². The maximum absolute atomic E-state index is 12.4. The van der Waals surface area contributed by atoms with Crippen LogP contribution in [0.4, 0.5) is 10.5 Å². The molecular weight excluding hydrogens is 368 g/mol. The number of anilines is 1. The van der Waals surface area contributed by atoms with E-state index in [2.05, 4.69) is 45.4 Å². The van der Waals surface area contributed by atoms with Gasteiger partial charge in [0.05, 0.1) is 4.91 Å². The fraction of sp³-hybridized carbons (Fsp3) is 0.400. The van der Waals surface area contributed by atoms with Gasteiger partial charge in [-0.2, -0.15) is 0 Å². The summed E-state index contributed by atoms with van der Waals surface area (Å²) in [6, 6.07) is 4.02. The molecule has 1 aromatic rings. The maximum atomic E-state index is 12.4. The first-order chi connectivity index (χ1) is 12.2. The van der Waals surface area contributed by atoms with Crippen LogP contribution < -0.4 is 4.90 Å². The van der Waals surface area contributed by atoms with Crippen LogP contribution in [0.1, 0.15) is 44.2 Å². The highest BCUT2D eigenvalue weighted by Gasteiger charge is 2.36. The third kappa shape index (κ3) is 3.19. The zero-order valence-electron chi connectivity index (χ0n) is 15.5. The van der Waals surface area contributed by atoms with Crippen LogP contribution in [0.2, 0.25) is 5.02 Å². The number of hydrogen-bond acceptors (Lipinski definition) is 4. The zero-order valence-corrected chi connectivity index (χ0v) is 17.1. The summed E-state index contributed by atoms with van der Waals surface area (Å²) in [7, 11) is 2.08. The smallest absolute Gasteiger partial charge is 0.293 e. The molecule has 0 radical (unpaired) electrons. The van der Waals surface area contributed by atoms with Crippen molar-refractivity contribution in [3.63, 3.8) is 0 Å². The number of rotatable bonds is 3. The van der Waals surface area contributed by atoms with E-state index in [1.165, 1.54) is 10.5 Å². The molecule has 2 heterocycles. The molecule has 2 amide bonds. The Morgan fingerprint density at radius 3 is 2.73 bits per heavy atom. The first kappa shape index (κ1) is 19.1. The second-order valence-corrected chi connectivity index (χ2v) is 8.89. The summed E-state index contributed by atoms with van der Waals surface area (Å²) >= 11 is 7.47. The minimum atomic E-state index is -0.292. The number of halogens is 1. The van der Waals surface area contributed by atoms with Gasteiger partial charge < -0.3 is 4.90 Å². The van der Waals surface area contributed by atoms with Crippen molar-refractivity contribution in [1.29, 1.82) is 0 Å². The Balaban J connectivity index is 2.01. The minimum Gasteiger partial charge on any atom is -0.369 e. The molecule has 6 heteroatoms. The van der Waals surface area contributed by atoms with Crippen molar-refractivity contribution in [3.8, 4) is 0 Å². The molecule has 0 N–H and O–H groups in total. The summed E-state index contributed by atoms with van der Waals surface area (Å²) in [5.41, 5.74) is 3.17. The standard InChI is InChI=1S/C20H23ClN2O2S/c1-6-7-23-18(24)17(26-19(23)25)9-13-8-14-12(2)11-20(3,4)22(5)16(14)10-15(13)21/h6,8-10,12H,1,7,11H2,2-5H3/b17-9-. The predicted octanol–water partition coefficient (Wildman–Crippen LogP) is 5.28.